The van der Waals surface area contributed by atoms with E-state index in [9.17, 15) is 22.8 Å². The van der Waals surface area contributed by atoms with Crippen LogP contribution in [0.5, 0.6) is 0 Å². The molecule has 35 heavy (non-hydrogen) atoms. The van der Waals surface area contributed by atoms with Crippen LogP contribution in [-0.4, -0.2) is 47.0 Å². The van der Waals surface area contributed by atoms with Crippen molar-refractivity contribution in [2.75, 3.05) is 6.54 Å². The van der Waals surface area contributed by atoms with Crippen molar-refractivity contribution in [1.29, 1.82) is 0 Å². The number of piperidine rings is 1. The Morgan fingerprint density at radius 3 is 2.46 bits per heavy atom. The van der Waals surface area contributed by atoms with Crippen molar-refractivity contribution in [2.24, 2.45) is 14.1 Å². The number of likely N-dealkylation sites (tertiary alicyclic amines) is 1. The highest BCUT2D eigenvalue weighted by Crippen LogP contribution is 2.21. The molecular formula is C25H30N4O5S. The molecule has 1 aromatic heterocycles. The van der Waals surface area contributed by atoms with Gasteiger partial charge in [-0.2, -0.15) is 4.72 Å². The number of aromatic nitrogens is 2. The van der Waals surface area contributed by atoms with Gasteiger partial charge in [0.1, 0.15) is 6.04 Å². The lowest BCUT2D eigenvalue weighted by Gasteiger charge is -2.36. The highest BCUT2D eigenvalue weighted by Gasteiger charge is 2.33. The van der Waals surface area contributed by atoms with Gasteiger partial charge in [0.2, 0.25) is 15.9 Å². The fourth-order valence-electron chi connectivity index (χ4n) is 4.65. The number of hydrogen-bond donors (Lipinski definition) is 1. The summed E-state index contributed by atoms with van der Waals surface area (Å²) in [6, 6.07) is 12.3. The van der Waals surface area contributed by atoms with E-state index in [0.29, 0.717) is 12.1 Å². The van der Waals surface area contributed by atoms with E-state index in [2.05, 4.69) is 4.72 Å². The first-order valence-corrected chi connectivity index (χ1v) is 13.1. The normalized spacial score (nSPS) is 17.5. The minimum absolute atomic E-state index is 0.0315. The van der Waals surface area contributed by atoms with E-state index in [1.807, 2.05) is 37.3 Å². The van der Waals surface area contributed by atoms with Gasteiger partial charge in [0, 0.05) is 26.7 Å². The topological polar surface area (TPSA) is 110 Å². The monoisotopic (exact) mass is 498 g/mol. The number of fused-ring (bicyclic) bond motifs is 1. The summed E-state index contributed by atoms with van der Waals surface area (Å²) in [6.07, 6.45) is 3.00. The first-order valence-electron chi connectivity index (χ1n) is 11.7. The molecule has 186 valence electrons. The van der Waals surface area contributed by atoms with Crippen LogP contribution in [0.15, 0.2) is 63.0 Å². The molecule has 1 saturated heterocycles. The highest BCUT2D eigenvalue weighted by atomic mass is 32.2. The lowest BCUT2D eigenvalue weighted by Crippen LogP contribution is -2.53. The average Bonchev–Trinajstić information content (AvgIpc) is 2.86. The van der Waals surface area contributed by atoms with Crippen LogP contribution in [-0.2, 0) is 35.3 Å². The van der Waals surface area contributed by atoms with Crippen LogP contribution in [0.3, 0.4) is 0 Å². The predicted molar refractivity (Wildman–Crippen MR) is 134 cm³/mol. The summed E-state index contributed by atoms with van der Waals surface area (Å²) in [5.74, 6) is -0.260. The maximum atomic E-state index is 13.5. The zero-order valence-corrected chi connectivity index (χ0v) is 20.9. The standard InChI is InChI=1S/C25H30N4O5S/c1-17-9-7-8-14-29(17)24(31)21(15-18-10-5-4-6-11-18)26-35(33,34)19-12-13-22-20(16-19)23(30)28(3)25(32)27(22)2/h4-6,10-13,16-17,21,26H,7-9,14-15H2,1-3H3/t17-,21-/m0/s1. The fraction of sp³-hybridized carbons (Fsp3) is 0.400. The Balaban J connectivity index is 1.72. The van der Waals surface area contributed by atoms with Gasteiger partial charge in [-0.15, -0.1) is 0 Å². The number of nitrogens with one attached hydrogen (secondary N) is 1. The second-order valence-corrected chi connectivity index (χ2v) is 10.8. The molecule has 1 N–H and O–H groups in total. The Morgan fingerprint density at radius 1 is 1.06 bits per heavy atom. The summed E-state index contributed by atoms with van der Waals surface area (Å²) in [7, 11) is -1.29. The molecule has 0 spiro atoms. The summed E-state index contributed by atoms with van der Waals surface area (Å²) in [6.45, 7) is 2.57. The molecule has 0 unspecified atom stereocenters. The lowest BCUT2D eigenvalue weighted by atomic mass is 10.0. The number of sulfonamides is 1. The number of nitrogens with zero attached hydrogens (tertiary/aromatic N) is 3. The van der Waals surface area contributed by atoms with Gasteiger partial charge in [-0.3, -0.25) is 18.7 Å². The molecule has 2 aromatic carbocycles. The molecular weight excluding hydrogens is 468 g/mol. The van der Waals surface area contributed by atoms with Crippen molar-refractivity contribution in [2.45, 2.75) is 49.6 Å². The van der Waals surface area contributed by atoms with Crippen molar-refractivity contribution in [3.8, 4) is 0 Å². The molecule has 0 saturated carbocycles. The van der Waals surface area contributed by atoms with Gasteiger partial charge in [0.15, 0.2) is 0 Å². The van der Waals surface area contributed by atoms with Crippen molar-refractivity contribution < 1.29 is 13.2 Å². The quantitative estimate of drug-likeness (QED) is 0.554. The maximum absolute atomic E-state index is 13.5. The Labute approximate surface area is 204 Å². The average molecular weight is 499 g/mol. The van der Waals surface area contributed by atoms with Crippen LogP contribution in [0.2, 0.25) is 0 Å². The first kappa shape index (κ1) is 24.9. The molecule has 0 aliphatic carbocycles. The van der Waals surface area contributed by atoms with Crippen molar-refractivity contribution in [3.05, 3.63) is 74.9 Å². The smallest absolute Gasteiger partial charge is 0.330 e. The summed E-state index contributed by atoms with van der Waals surface area (Å²) in [5.41, 5.74) is 0.0799. The first-order chi connectivity index (χ1) is 16.6. The zero-order valence-electron chi connectivity index (χ0n) is 20.1. The maximum Gasteiger partial charge on any atom is 0.330 e. The highest BCUT2D eigenvalue weighted by molar-refractivity contribution is 7.89. The predicted octanol–water partition coefficient (Wildman–Crippen LogP) is 1.53. The van der Waals surface area contributed by atoms with Crippen molar-refractivity contribution >= 4 is 26.8 Å². The minimum Gasteiger partial charge on any atom is -0.339 e. The molecule has 1 aliphatic heterocycles. The molecule has 9 nitrogen and oxygen atoms in total. The molecule has 0 radical (unpaired) electrons. The molecule has 1 fully saturated rings. The second-order valence-electron chi connectivity index (χ2n) is 9.12. The number of amides is 1. The summed E-state index contributed by atoms with van der Waals surface area (Å²) in [5, 5.41) is 0.105. The van der Waals surface area contributed by atoms with E-state index >= 15 is 0 Å². The lowest BCUT2D eigenvalue weighted by molar-refractivity contribution is -0.136. The number of carbonyl (C=O) groups excluding carboxylic acids is 1. The van der Waals surface area contributed by atoms with Gasteiger partial charge in [-0.25, -0.2) is 13.2 Å². The Kier molecular flexibility index (Phi) is 6.95. The van der Waals surface area contributed by atoms with Crippen LogP contribution in [0.1, 0.15) is 31.7 Å². The van der Waals surface area contributed by atoms with Crippen LogP contribution in [0, 0.1) is 0 Å². The third-order valence-electron chi connectivity index (χ3n) is 6.71. The number of aryl methyl sites for hydroxylation is 1. The molecule has 3 aromatic rings. The van der Waals surface area contributed by atoms with E-state index in [0.717, 1.165) is 29.4 Å². The third-order valence-corrected chi connectivity index (χ3v) is 8.18. The Hall–Kier alpha value is -3.24. The van der Waals surface area contributed by atoms with Gasteiger partial charge in [-0.05, 0) is 56.4 Å². The molecule has 1 aliphatic rings. The summed E-state index contributed by atoms with van der Waals surface area (Å²) in [4.78, 5) is 40.0. The van der Waals surface area contributed by atoms with Gasteiger partial charge in [0.25, 0.3) is 5.56 Å². The van der Waals surface area contributed by atoms with E-state index in [-0.39, 0.29) is 28.7 Å². The van der Waals surface area contributed by atoms with Crippen LogP contribution in [0.4, 0.5) is 0 Å². The van der Waals surface area contributed by atoms with Gasteiger partial charge in [-0.1, -0.05) is 30.3 Å². The summed E-state index contributed by atoms with van der Waals surface area (Å²) < 4.78 is 31.7. The Bertz CT molecular complexity index is 1480. The number of rotatable bonds is 6. The van der Waals surface area contributed by atoms with Crippen LogP contribution >= 0.6 is 0 Å². The second kappa shape index (κ2) is 9.79. The van der Waals surface area contributed by atoms with E-state index < -0.39 is 27.3 Å². The van der Waals surface area contributed by atoms with Crippen molar-refractivity contribution in [1.82, 2.24) is 18.8 Å². The van der Waals surface area contributed by atoms with Crippen LogP contribution < -0.4 is 16.0 Å². The number of carbonyl (C=O) groups is 1. The number of benzene rings is 2. The Morgan fingerprint density at radius 2 is 1.77 bits per heavy atom. The van der Waals surface area contributed by atoms with Crippen LogP contribution in [0.25, 0.3) is 10.9 Å². The van der Waals surface area contributed by atoms with Gasteiger partial charge >= 0.3 is 5.69 Å². The van der Waals surface area contributed by atoms with E-state index in [4.69, 9.17) is 0 Å². The molecule has 1 amide bonds. The molecule has 2 atom stereocenters. The van der Waals surface area contributed by atoms with E-state index in [1.54, 1.807) is 4.90 Å². The number of hydrogen-bond acceptors (Lipinski definition) is 5. The van der Waals surface area contributed by atoms with Gasteiger partial charge in [0.05, 0.1) is 15.8 Å². The molecule has 10 heteroatoms. The summed E-state index contributed by atoms with van der Waals surface area (Å²) >= 11 is 0. The molecule has 0 bridgehead atoms. The minimum atomic E-state index is -4.16. The zero-order chi connectivity index (χ0) is 25.3. The molecule has 2 heterocycles. The van der Waals surface area contributed by atoms with Crippen molar-refractivity contribution in [3.63, 3.8) is 0 Å². The van der Waals surface area contributed by atoms with E-state index in [1.165, 1.54) is 36.9 Å². The fourth-order valence-corrected chi connectivity index (χ4v) is 5.87. The third kappa shape index (κ3) is 4.94. The SMILES string of the molecule is C[C@H]1CCCCN1C(=O)[C@H](Cc1ccccc1)NS(=O)(=O)c1ccc2c(c1)c(=O)n(C)c(=O)n2C. The van der Waals surface area contributed by atoms with Gasteiger partial charge < -0.3 is 4.90 Å². The largest absolute Gasteiger partial charge is 0.339 e. The molecule has 4 rings (SSSR count).